The van der Waals surface area contributed by atoms with E-state index in [2.05, 4.69) is 20.9 Å². The number of aromatic nitrogens is 1. The zero-order chi connectivity index (χ0) is 15.3. The van der Waals surface area contributed by atoms with E-state index < -0.39 is 10.0 Å². The van der Waals surface area contributed by atoms with Gasteiger partial charge in [-0.1, -0.05) is 25.4 Å². The van der Waals surface area contributed by atoms with Crippen molar-refractivity contribution >= 4 is 37.6 Å². The minimum absolute atomic E-state index is 0.00490. The molecule has 0 saturated carbocycles. The molecule has 0 aliphatic rings. The van der Waals surface area contributed by atoms with E-state index in [1.165, 1.54) is 23.7 Å². The summed E-state index contributed by atoms with van der Waals surface area (Å²) in [6.45, 7) is 4.91. The third kappa shape index (κ3) is 4.66. The summed E-state index contributed by atoms with van der Waals surface area (Å²) in [6, 6.07) is 1.46. The predicted molar refractivity (Wildman–Crippen MR) is 82.4 cm³/mol. The van der Waals surface area contributed by atoms with Crippen LogP contribution in [0.4, 0.5) is 0 Å². The Balaban J connectivity index is 3.17. The Kier molecular flexibility index (Phi) is 6.87. The monoisotopic (exact) mass is 384 g/mol. The summed E-state index contributed by atoms with van der Waals surface area (Å²) in [6.07, 6.45) is 1.46. The maximum atomic E-state index is 12.7. The molecule has 1 rings (SSSR count). The number of nitrogens with zero attached hydrogens (tertiary/aromatic N) is 2. The van der Waals surface area contributed by atoms with Crippen LogP contribution in [0.1, 0.15) is 13.8 Å². The first kappa shape index (κ1) is 17.8. The van der Waals surface area contributed by atoms with Crippen molar-refractivity contribution in [1.82, 2.24) is 9.29 Å². The van der Waals surface area contributed by atoms with E-state index >= 15 is 0 Å². The molecule has 0 unspecified atom stereocenters. The highest BCUT2D eigenvalue weighted by Gasteiger charge is 2.28. The van der Waals surface area contributed by atoms with Crippen molar-refractivity contribution in [2.24, 2.45) is 5.92 Å². The zero-order valence-corrected chi connectivity index (χ0v) is 14.8. The van der Waals surface area contributed by atoms with Crippen LogP contribution in [-0.2, 0) is 14.8 Å². The van der Waals surface area contributed by atoms with Crippen LogP contribution in [0.15, 0.2) is 21.6 Å². The Bertz CT molecular complexity index is 552. The van der Waals surface area contributed by atoms with Gasteiger partial charge in [-0.15, -0.1) is 0 Å². The number of pyridine rings is 1. The van der Waals surface area contributed by atoms with Gasteiger partial charge < -0.3 is 4.74 Å². The molecule has 0 spiro atoms. The molecule has 0 saturated heterocycles. The molecule has 0 bridgehead atoms. The fourth-order valence-electron chi connectivity index (χ4n) is 1.63. The molecular weight excluding hydrogens is 368 g/mol. The van der Waals surface area contributed by atoms with Gasteiger partial charge in [0.2, 0.25) is 10.0 Å². The summed E-state index contributed by atoms with van der Waals surface area (Å²) in [5, 5.41) is -0.0284. The van der Waals surface area contributed by atoms with E-state index in [1.807, 2.05) is 13.8 Å². The molecule has 0 atom stereocenters. The summed E-state index contributed by atoms with van der Waals surface area (Å²) >= 11 is 9.14. The molecule has 0 N–H and O–H groups in total. The summed E-state index contributed by atoms with van der Waals surface area (Å²) in [4.78, 5) is 3.87. The quantitative estimate of drug-likeness (QED) is 0.677. The van der Waals surface area contributed by atoms with Crippen LogP contribution < -0.4 is 0 Å². The van der Waals surface area contributed by atoms with Gasteiger partial charge in [-0.05, 0) is 27.9 Å². The molecule has 0 aliphatic carbocycles. The van der Waals surface area contributed by atoms with Crippen molar-refractivity contribution in [2.45, 2.75) is 18.7 Å². The van der Waals surface area contributed by atoms with Gasteiger partial charge in [-0.3, -0.25) is 0 Å². The molecule has 0 aromatic carbocycles. The zero-order valence-electron chi connectivity index (χ0n) is 11.6. The van der Waals surface area contributed by atoms with E-state index in [4.69, 9.17) is 16.3 Å². The predicted octanol–water partition coefficient (Wildman–Crippen LogP) is 2.79. The van der Waals surface area contributed by atoms with Crippen molar-refractivity contribution in [3.8, 4) is 0 Å². The molecule has 1 aromatic heterocycles. The van der Waals surface area contributed by atoms with Gasteiger partial charge in [0.1, 0.15) is 10.0 Å². The van der Waals surface area contributed by atoms with Crippen molar-refractivity contribution in [3.63, 3.8) is 0 Å². The topological polar surface area (TPSA) is 59.5 Å². The van der Waals surface area contributed by atoms with E-state index in [1.54, 1.807) is 0 Å². The van der Waals surface area contributed by atoms with Gasteiger partial charge in [-0.25, -0.2) is 13.4 Å². The number of halogens is 2. The van der Waals surface area contributed by atoms with E-state index in [0.717, 1.165) is 0 Å². The molecule has 0 amide bonds. The lowest BCUT2D eigenvalue weighted by Gasteiger charge is -2.24. The van der Waals surface area contributed by atoms with Crippen LogP contribution in [0.5, 0.6) is 0 Å². The summed E-state index contributed by atoms with van der Waals surface area (Å²) < 4.78 is 32.3. The minimum atomic E-state index is -3.69. The van der Waals surface area contributed by atoms with Crippen molar-refractivity contribution < 1.29 is 13.2 Å². The van der Waals surface area contributed by atoms with Gasteiger partial charge in [0, 0.05) is 30.9 Å². The smallest absolute Gasteiger partial charge is 0.246 e. The second-order valence-corrected chi connectivity index (χ2v) is 7.87. The highest BCUT2D eigenvalue weighted by Crippen LogP contribution is 2.26. The van der Waals surface area contributed by atoms with Gasteiger partial charge in [0.15, 0.2) is 0 Å². The van der Waals surface area contributed by atoms with Gasteiger partial charge in [0.05, 0.1) is 6.61 Å². The molecule has 1 aromatic rings. The lowest BCUT2D eigenvalue weighted by molar-refractivity contribution is 0.175. The highest BCUT2D eigenvalue weighted by atomic mass is 79.9. The average molecular weight is 386 g/mol. The molecule has 8 heteroatoms. The molecule has 114 valence electrons. The first-order chi connectivity index (χ1) is 9.28. The second-order valence-electron chi connectivity index (χ2n) is 4.69. The number of methoxy groups -OCH3 is 1. The van der Waals surface area contributed by atoms with Crippen LogP contribution in [-0.4, -0.2) is 44.5 Å². The van der Waals surface area contributed by atoms with Gasteiger partial charge >= 0.3 is 0 Å². The van der Waals surface area contributed by atoms with E-state index in [9.17, 15) is 8.42 Å². The lowest BCUT2D eigenvalue weighted by Crippen LogP contribution is -2.37. The van der Waals surface area contributed by atoms with Crippen LogP contribution in [0.2, 0.25) is 5.15 Å². The van der Waals surface area contributed by atoms with Crippen LogP contribution in [0, 0.1) is 5.92 Å². The summed E-state index contributed by atoms with van der Waals surface area (Å²) in [7, 11) is -2.16. The Morgan fingerprint density at radius 3 is 2.70 bits per heavy atom. The number of rotatable bonds is 7. The molecule has 0 radical (unpaired) electrons. The molecule has 1 heterocycles. The Morgan fingerprint density at radius 1 is 1.50 bits per heavy atom. The molecule has 0 aliphatic heterocycles. The SMILES string of the molecule is COCCN(CC(C)C)S(=O)(=O)c1cc(Br)cnc1Cl. The molecular formula is C12H18BrClN2O3S. The van der Waals surface area contributed by atoms with Crippen molar-refractivity contribution in [1.29, 1.82) is 0 Å². The fourth-order valence-corrected chi connectivity index (χ4v) is 4.14. The lowest BCUT2D eigenvalue weighted by atomic mass is 10.2. The van der Waals surface area contributed by atoms with Crippen LogP contribution in [0.3, 0.4) is 0 Å². The molecule has 5 nitrogen and oxygen atoms in total. The molecule has 0 fully saturated rings. The van der Waals surface area contributed by atoms with Gasteiger partial charge in [0.25, 0.3) is 0 Å². The maximum absolute atomic E-state index is 12.7. The van der Waals surface area contributed by atoms with Crippen molar-refractivity contribution in [2.75, 3.05) is 26.8 Å². The highest BCUT2D eigenvalue weighted by molar-refractivity contribution is 9.10. The standard InChI is InChI=1S/C12H18BrClN2O3S/c1-9(2)8-16(4-5-19-3)20(17,18)11-6-10(13)7-15-12(11)14/h6-7,9H,4-5,8H2,1-3H3. The Labute approximate surface area is 133 Å². The number of ether oxygens (including phenoxy) is 1. The fraction of sp³-hybridized carbons (Fsp3) is 0.583. The largest absolute Gasteiger partial charge is 0.383 e. The maximum Gasteiger partial charge on any atom is 0.246 e. The first-order valence-corrected chi connectivity index (χ1v) is 8.70. The van der Waals surface area contributed by atoms with Crippen molar-refractivity contribution in [3.05, 3.63) is 21.9 Å². The number of hydrogen-bond acceptors (Lipinski definition) is 4. The van der Waals surface area contributed by atoms with Crippen LogP contribution >= 0.6 is 27.5 Å². The third-order valence-corrected chi connectivity index (χ3v) is 5.23. The third-order valence-electron chi connectivity index (χ3n) is 2.50. The number of sulfonamides is 1. The molecule has 20 heavy (non-hydrogen) atoms. The van der Waals surface area contributed by atoms with Crippen LogP contribution in [0.25, 0.3) is 0 Å². The van der Waals surface area contributed by atoms with Gasteiger partial charge in [-0.2, -0.15) is 4.31 Å². The summed E-state index contributed by atoms with van der Waals surface area (Å²) in [5.41, 5.74) is 0. The second kappa shape index (κ2) is 7.70. The van der Waals surface area contributed by atoms with E-state index in [0.29, 0.717) is 17.6 Å². The number of hydrogen-bond donors (Lipinski definition) is 0. The first-order valence-electron chi connectivity index (χ1n) is 6.09. The average Bonchev–Trinajstić information content (AvgIpc) is 2.36. The Morgan fingerprint density at radius 2 is 2.15 bits per heavy atom. The normalized spacial score (nSPS) is 12.3. The van der Waals surface area contributed by atoms with E-state index in [-0.39, 0.29) is 22.5 Å². The summed E-state index contributed by atoms with van der Waals surface area (Å²) in [5.74, 6) is 0.195. The Hall–Kier alpha value is -0.210. The minimum Gasteiger partial charge on any atom is -0.383 e.